The average Bonchev–Trinajstić information content (AvgIpc) is 3.11. The van der Waals surface area contributed by atoms with Crippen LogP contribution in [0.5, 0.6) is 0 Å². The van der Waals surface area contributed by atoms with Crippen molar-refractivity contribution < 1.29 is 8.42 Å². The third-order valence-electron chi connectivity index (χ3n) is 2.70. The maximum Gasteiger partial charge on any atom is 0.213 e. The molecule has 1 aliphatic carbocycles. The molecule has 1 fully saturated rings. The lowest BCUT2D eigenvalue weighted by molar-refractivity contribution is 0.584. The number of hydrogen-bond acceptors (Lipinski definition) is 5. The van der Waals surface area contributed by atoms with Crippen LogP contribution in [0.25, 0.3) is 0 Å². The van der Waals surface area contributed by atoms with Crippen LogP contribution in [0.3, 0.4) is 0 Å². The Hall–Kier alpha value is -0.730. The van der Waals surface area contributed by atoms with Gasteiger partial charge in [-0.3, -0.25) is 0 Å². The number of halogens is 1. The summed E-state index contributed by atoms with van der Waals surface area (Å²) in [4.78, 5) is 8.71. The molecule has 8 heteroatoms. The molecule has 2 rings (SSSR count). The highest BCUT2D eigenvalue weighted by Crippen LogP contribution is 2.38. The fourth-order valence-corrected chi connectivity index (χ4v) is 3.01. The van der Waals surface area contributed by atoms with Crippen LogP contribution in [0.1, 0.15) is 31.5 Å². The van der Waals surface area contributed by atoms with Crippen LogP contribution in [-0.4, -0.2) is 37.2 Å². The molecule has 1 aromatic heterocycles. The number of sulfonamides is 1. The van der Waals surface area contributed by atoms with E-state index in [0.29, 0.717) is 24.8 Å². The summed E-state index contributed by atoms with van der Waals surface area (Å²) in [6.07, 6.45) is 2.26. The second kappa shape index (κ2) is 6.15. The molecule has 0 amide bonds. The third kappa shape index (κ3) is 4.70. The van der Waals surface area contributed by atoms with Gasteiger partial charge in [0.05, 0.1) is 5.75 Å². The highest BCUT2D eigenvalue weighted by Gasteiger charge is 2.27. The topological polar surface area (TPSA) is 84.0 Å². The van der Waals surface area contributed by atoms with E-state index in [4.69, 9.17) is 0 Å². The van der Waals surface area contributed by atoms with Crippen LogP contribution >= 0.6 is 15.9 Å². The molecule has 0 spiro atoms. The molecule has 106 valence electrons. The van der Waals surface area contributed by atoms with Crippen LogP contribution in [0.2, 0.25) is 0 Å². The zero-order valence-electron chi connectivity index (χ0n) is 10.7. The van der Waals surface area contributed by atoms with E-state index in [1.54, 1.807) is 13.0 Å². The van der Waals surface area contributed by atoms with Gasteiger partial charge in [-0.15, -0.1) is 0 Å². The monoisotopic (exact) mass is 348 g/mol. The van der Waals surface area contributed by atoms with Crippen molar-refractivity contribution in [3.63, 3.8) is 0 Å². The number of anilines is 1. The second-order valence-electron chi connectivity index (χ2n) is 4.45. The predicted molar refractivity (Wildman–Crippen MR) is 77.7 cm³/mol. The Bertz CT molecular complexity index is 546. The molecule has 0 unspecified atom stereocenters. The molecule has 6 nitrogen and oxygen atoms in total. The van der Waals surface area contributed by atoms with Gasteiger partial charge in [0.25, 0.3) is 0 Å². The van der Waals surface area contributed by atoms with Crippen molar-refractivity contribution in [2.24, 2.45) is 0 Å². The zero-order valence-corrected chi connectivity index (χ0v) is 13.1. The summed E-state index contributed by atoms with van der Waals surface area (Å²) in [7, 11) is -3.19. The number of hydrogen-bond donors (Lipinski definition) is 2. The first-order valence-electron chi connectivity index (χ1n) is 6.26. The standard InChI is InChI=1S/C11H17BrN4O2S/c1-2-14-19(17,18)6-5-13-10-7-9(12)15-11(16-10)8-3-4-8/h7-8,14H,2-6H2,1H3,(H,13,15,16). The molecule has 2 N–H and O–H groups in total. The van der Waals surface area contributed by atoms with Gasteiger partial charge in [-0.1, -0.05) is 6.92 Å². The van der Waals surface area contributed by atoms with Crippen molar-refractivity contribution in [1.82, 2.24) is 14.7 Å². The summed E-state index contributed by atoms with van der Waals surface area (Å²) in [6.45, 7) is 2.49. The molecule has 1 aromatic rings. The Balaban J connectivity index is 1.92. The molecular formula is C11H17BrN4O2S. The summed E-state index contributed by atoms with van der Waals surface area (Å²) >= 11 is 3.34. The maximum atomic E-state index is 11.5. The van der Waals surface area contributed by atoms with Crippen LogP contribution in [-0.2, 0) is 10.0 Å². The molecule has 1 saturated carbocycles. The highest BCUT2D eigenvalue weighted by molar-refractivity contribution is 9.10. The third-order valence-corrected chi connectivity index (χ3v) is 4.57. The Morgan fingerprint density at radius 2 is 2.16 bits per heavy atom. The predicted octanol–water partition coefficient (Wildman–Crippen LogP) is 1.47. The van der Waals surface area contributed by atoms with E-state index >= 15 is 0 Å². The van der Waals surface area contributed by atoms with Gasteiger partial charge in [0.1, 0.15) is 16.2 Å². The Morgan fingerprint density at radius 1 is 1.42 bits per heavy atom. The van der Waals surface area contributed by atoms with E-state index in [-0.39, 0.29) is 5.75 Å². The summed E-state index contributed by atoms with van der Waals surface area (Å²) in [5, 5.41) is 3.02. The SMILES string of the molecule is CCNS(=O)(=O)CCNc1cc(Br)nc(C2CC2)n1. The van der Waals surface area contributed by atoms with Crippen molar-refractivity contribution in [2.75, 3.05) is 24.2 Å². The maximum absolute atomic E-state index is 11.5. The lowest BCUT2D eigenvalue weighted by Gasteiger charge is -2.08. The van der Waals surface area contributed by atoms with Gasteiger partial charge >= 0.3 is 0 Å². The van der Waals surface area contributed by atoms with E-state index in [9.17, 15) is 8.42 Å². The van der Waals surface area contributed by atoms with E-state index in [1.807, 2.05) is 0 Å². The normalized spacial score (nSPS) is 15.5. The van der Waals surface area contributed by atoms with Crippen molar-refractivity contribution in [2.45, 2.75) is 25.7 Å². The lowest BCUT2D eigenvalue weighted by Crippen LogP contribution is -2.29. The molecular weight excluding hydrogens is 332 g/mol. The van der Waals surface area contributed by atoms with Crippen LogP contribution < -0.4 is 10.0 Å². The smallest absolute Gasteiger partial charge is 0.213 e. The lowest BCUT2D eigenvalue weighted by atomic mass is 10.4. The van der Waals surface area contributed by atoms with Gasteiger partial charge in [0.2, 0.25) is 10.0 Å². The minimum Gasteiger partial charge on any atom is -0.369 e. The van der Waals surface area contributed by atoms with E-state index in [2.05, 4.69) is 35.9 Å². The fraction of sp³-hybridized carbons (Fsp3) is 0.636. The van der Waals surface area contributed by atoms with Gasteiger partial charge in [-0.25, -0.2) is 23.1 Å². The molecule has 1 heterocycles. The number of aromatic nitrogens is 2. The average molecular weight is 349 g/mol. The first kappa shape index (κ1) is 14.7. The fourth-order valence-electron chi connectivity index (χ4n) is 1.66. The molecule has 0 atom stereocenters. The molecule has 0 saturated heterocycles. The van der Waals surface area contributed by atoms with Gasteiger partial charge in [-0.2, -0.15) is 0 Å². The van der Waals surface area contributed by atoms with Crippen molar-refractivity contribution in [3.8, 4) is 0 Å². The number of nitrogens with zero attached hydrogens (tertiary/aromatic N) is 2. The van der Waals surface area contributed by atoms with Gasteiger partial charge < -0.3 is 5.32 Å². The largest absolute Gasteiger partial charge is 0.369 e. The molecule has 0 aliphatic heterocycles. The van der Waals surface area contributed by atoms with E-state index in [1.165, 1.54) is 0 Å². The molecule has 0 aromatic carbocycles. The highest BCUT2D eigenvalue weighted by atomic mass is 79.9. The van der Waals surface area contributed by atoms with Crippen molar-refractivity contribution in [3.05, 3.63) is 16.5 Å². The summed E-state index contributed by atoms with van der Waals surface area (Å²) < 4.78 is 26.1. The summed E-state index contributed by atoms with van der Waals surface area (Å²) in [6, 6.07) is 1.76. The molecule has 19 heavy (non-hydrogen) atoms. The Labute approximate surface area is 121 Å². The molecule has 1 aliphatic rings. The van der Waals surface area contributed by atoms with Gasteiger partial charge in [-0.05, 0) is 28.8 Å². The molecule has 0 radical (unpaired) electrons. The van der Waals surface area contributed by atoms with Gasteiger partial charge in [0, 0.05) is 25.1 Å². The minimum atomic E-state index is -3.19. The van der Waals surface area contributed by atoms with Crippen LogP contribution in [0.15, 0.2) is 10.7 Å². The molecule has 0 bridgehead atoms. The first-order chi connectivity index (χ1) is 9.00. The quantitative estimate of drug-likeness (QED) is 0.729. The summed E-state index contributed by atoms with van der Waals surface area (Å²) in [5.74, 6) is 1.98. The van der Waals surface area contributed by atoms with Crippen molar-refractivity contribution in [1.29, 1.82) is 0 Å². The minimum absolute atomic E-state index is 0.0290. The summed E-state index contributed by atoms with van der Waals surface area (Å²) in [5.41, 5.74) is 0. The second-order valence-corrected chi connectivity index (χ2v) is 7.19. The van der Waals surface area contributed by atoms with Crippen molar-refractivity contribution >= 4 is 31.8 Å². The van der Waals surface area contributed by atoms with E-state index < -0.39 is 10.0 Å². The zero-order chi connectivity index (χ0) is 13.9. The Kier molecular flexibility index (Phi) is 4.75. The number of rotatable bonds is 7. The first-order valence-corrected chi connectivity index (χ1v) is 8.70. The van der Waals surface area contributed by atoms with E-state index in [0.717, 1.165) is 23.3 Å². The Morgan fingerprint density at radius 3 is 2.79 bits per heavy atom. The van der Waals surface area contributed by atoms with Crippen LogP contribution in [0, 0.1) is 0 Å². The van der Waals surface area contributed by atoms with Gasteiger partial charge in [0.15, 0.2) is 0 Å². The number of nitrogens with one attached hydrogen (secondary N) is 2. The van der Waals surface area contributed by atoms with Crippen LogP contribution in [0.4, 0.5) is 5.82 Å².